The predicted molar refractivity (Wildman–Crippen MR) is 102 cm³/mol. The zero-order valence-corrected chi connectivity index (χ0v) is 15.3. The molecule has 0 saturated carbocycles. The first-order valence-corrected chi connectivity index (χ1v) is 8.22. The standard InChI is InChI=1S/C18H19ClN2O2S/c1-11-6-4-5-7-14(11)12(2)20-18(24)21-13-8-9-16(19)15(10-13)17(22)23-3/h4-10,12H,1-3H3,(H2,20,21,24). The molecule has 0 bridgehead atoms. The molecule has 0 spiro atoms. The molecule has 2 aromatic rings. The number of benzene rings is 2. The highest BCUT2D eigenvalue weighted by molar-refractivity contribution is 7.80. The van der Waals surface area contributed by atoms with Crippen molar-refractivity contribution in [1.29, 1.82) is 0 Å². The van der Waals surface area contributed by atoms with Gasteiger partial charge in [-0.25, -0.2) is 4.79 Å². The highest BCUT2D eigenvalue weighted by Crippen LogP contribution is 2.22. The molecule has 0 heterocycles. The van der Waals surface area contributed by atoms with Gasteiger partial charge in [0.2, 0.25) is 0 Å². The van der Waals surface area contributed by atoms with Gasteiger partial charge in [0.1, 0.15) is 0 Å². The van der Waals surface area contributed by atoms with Crippen molar-refractivity contribution in [2.24, 2.45) is 0 Å². The maximum atomic E-state index is 11.7. The van der Waals surface area contributed by atoms with Gasteiger partial charge >= 0.3 is 5.97 Å². The molecule has 2 N–H and O–H groups in total. The number of ether oxygens (including phenoxy) is 1. The van der Waals surface area contributed by atoms with Crippen LogP contribution in [0.1, 0.15) is 34.5 Å². The molecule has 0 amide bonds. The Morgan fingerprint density at radius 2 is 1.96 bits per heavy atom. The van der Waals surface area contributed by atoms with Gasteiger partial charge in [-0.15, -0.1) is 0 Å². The number of carbonyl (C=O) groups excluding carboxylic acids is 1. The number of carbonyl (C=O) groups is 1. The summed E-state index contributed by atoms with van der Waals surface area (Å²) in [6.45, 7) is 4.10. The van der Waals surface area contributed by atoms with Crippen LogP contribution in [0.4, 0.5) is 5.69 Å². The second-order valence-electron chi connectivity index (χ2n) is 5.36. The van der Waals surface area contributed by atoms with E-state index in [2.05, 4.69) is 29.7 Å². The van der Waals surface area contributed by atoms with Crippen LogP contribution in [-0.4, -0.2) is 18.2 Å². The molecule has 126 valence electrons. The number of nitrogens with one attached hydrogen (secondary N) is 2. The summed E-state index contributed by atoms with van der Waals surface area (Å²) in [5.74, 6) is -0.490. The number of rotatable bonds is 4. The summed E-state index contributed by atoms with van der Waals surface area (Å²) in [6.07, 6.45) is 0. The van der Waals surface area contributed by atoms with Crippen molar-refractivity contribution >= 4 is 40.6 Å². The van der Waals surface area contributed by atoms with Crippen LogP contribution in [0.2, 0.25) is 5.02 Å². The van der Waals surface area contributed by atoms with Crippen molar-refractivity contribution in [1.82, 2.24) is 5.32 Å². The first-order valence-electron chi connectivity index (χ1n) is 7.43. The molecule has 0 fully saturated rings. The Kier molecular flexibility index (Phi) is 6.17. The summed E-state index contributed by atoms with van der Waals surface area (Å²) < 4.78 is 4.71. The number of aryl methyl sites for hydroxylation is 1. The van der Waals surface area contributed by atoms with E-state index >= 15 is 0 Å². The molecule has 24 heavy (non-hydrogen) atoms. The van der Waals surface area contributed by atoms with Crippen LogP contribution < -0.4 is 10.6 Å². The Labute approximate surface area is 152 Å². The van der Waals surface area contributed by atoms with Crippen LogP contribution in [0.15, 0.2) is 42.5 Å². The summed E-state index contributed by atoms with van der Waals surface area (Å²) in [7, 11) is 1.31. The third-order valence-electron chi connectivity index (χ3n) is 3.63. The summed E-state index contributed by atoms with van der Waals surface area (Å²) >= 11 is 11.4. The Hall–Kier alpha value is -2.11. The Morgan fingerprint density at radius 3 is 2.62 bits per heavy atom. The topological polar surface area (TPSA) is 50.4 Å². The molecule has 6 heteroatoms. The van der Waals surface area contributed by atoms with E-state index in [1.165, 1.54) is 18.2 Å². The van der Waals surface area contributed by atoms with E-state index in [-0.39, 0.29) is 6.04 Å². The number of hydrogen-bond acceptors (Lipinski definition) is 3. The maximum Gasteiger partial charge on any atom is 0.339 e. The van der Waals surface area contributed by atoms with Crippen LogP contribution in [0.25, 0.3) is 0 Å². The van der Waals surface area contributed by atoms with Crippen molar-refractivity contribution in [2.75, 3.05) is 12.4 Å². The van der Waals surface area contributed by atoms with Crippen molar-refractivity contribution < 1.29 is 9.53 Å². The fourth-order valence-electron chi connectivity index (χ4n) is 2.38. The fraction of sp³-hybridized carbons (Fsp3) is 0.222. The third kappa shape index (κ3) is 4.46. The zero-order valence-electron chi connectivity index (χ0n) is 13.7. The largest absolute Gasteiger partial charge is 0.465 e. The number of esters is 1. The molecule has 0 radical (unpaired) electrons. The van der Waals surface area contributed by atoms with Gasteiger partial charge in [-0.2, -0.15) is 0 Å². The number of halogens is 1. The second-order valence-corrected chi connectivity index (χ2v) is 6.18. The SMILES string of the molecule is COC(=O)c1cc(NC(=S)NC(C)c2ccccc2C)ccc1Cl. The summed E-state index contributed by atoms with van der Waals surface area (Å²) in [5.41, 5.74) is 3.32. The Bertz CT molecular complexity index is 764. The van der Waals surface area contributed by atoms with Crippen molar-refractivity contribution in [2.45, 2.75) is 19.9 Å². The van der Waals surface area contributed by atoms with Crippen molar-refractivity contribution in [3.05, 3.63) is 64.2 Å². The van der Waals surface area contributed by atoms with Gasteiger partial charge in [0.25, 0.3) is 0 Å². The average Bonchev–Trinajstić information content (AvgIpc) is 2.56. The highest BCUT2D eigenvalue weighted by Gasteiger charge is 2.13. The molecular formula is C18H19ClN2O2S. The quantitative estimate of drug-likeness (QED) is 0.620. The molecule has 0 aliphatic carbocycles. The highest BCUT2D eigenvalue weighted by atomic mass is 35.5. The second kappa shape index (κ2) is 8.13. The molecule has 0 saturated heterocycles. The lowest BCUT2D eigenvalue weighted by Crippen LogP contribution is -2.31. The van der Waals surface area contributed by atoms with E-state index in [9.17, 15) is 4.79 Å². The molecule has 4 nitrogen and oxygen atoms in total. The van der Waals surface area contributed by atoms with E-state index in [1.807, 2.05) is 19.1 Å². The third-order valence-corrected chi connectivity index (χ3v) is 4.18. The zero-order chi connectivity index (χ0) is 17.7. The minimum absolute atomic E-state index is 0.0542. The lowest BCUT2D eigenvalue weighted by molar-refractivity contribution is 0.0601. The number of anilines is 1. The van der Waals surface area contributed by atoms with E-state index in [4.69, 9.17) is 28.6 Å². The van der Waals surface area contributed by atoms with E-state index in [1.54, 1.807) is 18.2 Å². The predicted octanol–water partition coefficient (Wildman–Crippen LogP) is 4.48. The van der Waals surface area contributed by atoms with E-state index < -0.39 is 5.97 Å². The van der Waals surface area contributed by atoms with Crippen LogP contribution >= 0.6 is 23.8 Å². The molecule has 0 aromatic heterocycles. The summed E-state index contributed by atoms with van der Waals surface area (Å²) in [4.78, 5) is 11.7. The minimum atomic E-state index is -0.490. The van der Waals surface area contributed by atoms with Crippen LogP contribution in [0.5, 0.6) is 0 Å². The van der Waals surface area contributed by atoms with Gasteiger partial charge < -0.3 is 15.4 Å². The van der Waals surface area contributed by atoms with Crippen LogP contribution in [0, 0.1) is 6.92 Å². The summed E-state index contributed by atoms with van der Waals surface area (Å²) in [5, 5.41) is 7.09. The first-order chi connectivity index (χ1) is 11.4. The monoisotopic (exact) mass is 362 g/mol. The molecule has 0 aliphatic rings. The summed E-state index contributed by atoms with van der Waals surface area (Å²) in [6, 6.07) is 13.2. The normalized spacial score (nSPS) is 11.5. The van der Waals surface area contributed by atoms with Gasteiger partial charge in [-0.05, 0) is 55.4 Å². The number of methoxy groups -OCH3 is 1. The van der Waals surface area contributed by atoms with Gasteiger partial charge in [0.15, 0.2) is 5.11 Å². The van der Waals surface area contributed by atoms with Crippen molar-refractivity contribution in [3.8, 4) is 0 Å². The Morgan fingerprint density at radius 1 is 1.25 bits per heavy atom. The fourth-order valence-corrected chi connectivity index (χ4v) is 2.87. The molecule has 2 aromatic carbocycles. The average molecular weight is 363 g/mol. The lowest BCUT2D eigenvalue weighted by Gasteiger charge is -2.19. The van der Waals surface area contributed by atoms with Gasteiger partial charge in [-0.1, -0.05) is 35.9 Å². The minimum Gasteiger partial charge on any atom is -0.465 e. The Balaban J connectivity index is 2.07. The molecule has 0 aliphatic heterocycles. The smallest absolute Gasteiger partial charge is 0.339 e. The van der Waals surface area contributed by atoms with Gasteiger partial charge in [-0.3, -0.25) is 0 Å². The molecule has 1 unspecified atom stereocenters. The van der Waals surface area contributed by atoms with Gasteiger partial charge in [0.05, 0.1) is 23.7 Å². The molecule has 2 rings (SSSR count). The lowest BCUT2D eigenvalue weighted by atomic mass is 10.0. The van der Waals surface area contributed by atoms with E-state index in [0.717, 1.165) is 0 Å². The van der Waals surface area contributed by atoms with Crippen LogP contribution in [-0.2, 0) is 4.74 Å². The first kappa shape index (κ1) is 18.2. The molecule has 1 atom stereocenters. The van der Waals surface area contributed by atoms with Crippen LogP contribution in [0.3, 0.4) is 0 Å². The number of hydrogen-bond donors (Lipinski definition) is 2. The van der Waals surface area contributed by atoms with Gasteiger partial charge in [0, 0.05) is 5.69 Å². The van der Waals surface area contributed by atoms with Crippen molar-refractivity contribution in [3.63, 3.8) is 0 Å². The maximum absolute atomic E-state index is 11.7. The number of thiocarbonyl (C=S) groups is 1. The van der Waals surface area contributed by atoms with E-state index in [0.29, 0.717) is 21.4 Å². The molecular weight excluding hydrogens is 344 g/mol.